The maximum atomic E-state index is 12.4. The number of methoxy groups -OCH3 is 1. The zero-order valence-corrected chi connectivity index (χ0v) is 16.8. The minimum Gasteiger partial charge on any atom is -0.468 e. The number of thioether (sulfide) groups is 1. The molecule has 24 heavy (non-hydrogen) atoms. The van der Waals surface area contributed by atoms with E-state index >= 15 is 0 Å². The van der Waals surface area contributed by atoms with Crippen LogP contribution in [0.15, 0.2) is 50.5 Å². The van der Waals surface area contributed by atoms with Crippen LogP contribution in [0.1, 0.15) is 5.56 Å². The first-order valence-electron chi connectivity index (χ1n) is 6.89. The molecule has 130 valence electrons. The lowest BCUT2D eigenvalue weighted by atomic mass is 10.2. The van der Waals surface area contributed by atoms with Gasteiger partial charge in [-0.05, 0) is 33.6 Å². The predicted molar refractivity (Wildman–Crippen MR) is 101 cm³/mol. The van der Waals surface area contributed by atoms with Crippen molar-refractivity contribution in [3.05, 3.63) is 51.8 Å². The van der Waals surface area contributed by atoms with E-state index in [0.29, 0.717) is 9.54 Å². The molecule has 5 nitrogen and oxygen atoms in total. The number of hydrogen-bond acceptors (Lipinski definition) is 6. The highest BCUT2D eigenvalue weighted by molar-refractivity contribution is 9.11. The summed E-state index contributed by atoms with van der Waals surface area (Å²) < 4.78 is 32.7. The van der Waals surface area contributed by atoms with E-state index in [0.717, 1.165) is 16.9 Å². The van der Waals surface area contributed by atoms with Gasteiger partial charge in [-0.1, -0.05) is 30.3 Å². The van der Waals surface area contributed by atoms with Gasteiger partial charge in [-0.3, -0.25) is 4.79 Å². The molecule has 1 aromatic carbocycles. The van der Waals surface area contributed by atoms with Crippen LogP contribution in [0.5, 0.6) is 0 Å². The molecular weight excluding hydrogens is 434 g/mol. The number of carbonyl (C=O) groups is 1. The van der Waals surface area contributed by atoms with E-state index in [4.69, 9.17) is 4.74 Å². The fourth-order valence-electron chi connectivity index (χ4n) is 1.85. The van der Waals surface area contributed by atoms with E-state index in [1.807, 2.05) is 30.3 Å². The largest absolute Gasteiger partial charge is 0.468 e. The standard InChI is InChI=1S/C15H16BrNO4S3/c1-21-15(18)12(10-22-9-11-5-3-2-4-6-11)17-24(19,20)14-8-7-13(16)23-14/h2-8,12,17H,9-10H2,1H3. The lowest BCUT2D eigenvalue weighted by molar-refractivity contribution is -0.141. The Labute approximate surface area is 158 Å². The van der Waals surface area contributed by atoms with Crippen molar-refractivity contribution in [3.63, 3.8) is 0 Å². The average molecular weight is 450 g/mol. The highest BCUT2D eigenvalue weighted by Crippen LogP contribution is 2.26. The number of rotatable bonds is 8. The Hall–Kier alpha value is -0.870. The van der Waals surface area contributed by atoms with Crippen LogP contribution in [0.3, 0.4) is 0 Å². The predicted octanol–water partition coefficient (Wildman–Crippen LogP) is 3.26. The second-order valence-electron chi connectivity index (χ2n) is 4.76. The number of benzene rings is 1. The number of esters is 1. The normalized spacial score (nSPS) is 12.8. The first kappa shape index (κ1) is 19.5. The maximum absolute atomic E-state index is 12.4. The van der Waals surface area contributed by atoms with Gasteiger partial charge in [-0.2, -0.15) is 16.5 Å². The van der Waals surface area contributed by atoms with Crippen molar-refractivity contribution < 1.29 is 17.9 Å². The summed E-state index contributed by atoms with van der Waals surface area (Å²) in [5.41, 5.74) is 1.11. The molecule has 2 aromatic rings. The van der Waals surface area contributed by atoms with Gasteiger partial charge in [0.1, 0.15) is 10.3 Å². The van der Waals surface area contributed by atoms with E-state index in [-0.39, 0.29) is 9.96 Å². The van der Waals surface area contributed by atoms with E-state index in [9.17, 15) is 13.2 Å². The number of carbonyl (C=O) groups excluding carboxylic acids is 1. The summed E-state index contributed by atoms with van der Waals surface area (Å²) in [4.78, 5) is 11.9. The third-order valence-electron chi connectivity index (χ3n) is 2.99. The van der Waals surface area contributed by atoms with E-state index < -0.39 is 22.0 Å². The quantitative estimate of drug-likeness (QED) is 0.626. The fourth-order valence-corrected chi connectivity index (χ4v) is 6.17. The van der Waals surface area contributed by atoms with Gasteiger partial charge in [0, 0.05) is 11.5 Å². The molecule has 1 aromatic heterocycles. The number of ether oxygens (including phenoxy) is 1. The number of sulfonamides is 1. The third kappa shape index (κ3) is 5.59. The summed E-state index contributed by atoms with van der Waals surface area (Å²) in [5, 5.41) is 0. The van der Waals surface area contributed by atoms with Crippen molar-refractivity contribution in [1.29, 1.82) is 0 Å². The Morgan fingerprint density at radius 2 is 2.00 bits per heavy atom. The molecule has 0 aliphatic heterocycles. The first-order chi connectivity index (χ1) is 11.4. The summed E-state index contributed by atoms with van der Waals surface area (Å²) >= 11 is 5.78. The smallest absolute Gasteiger partial charge is 0.324 e. The molecule has 9 heteroatoms. The molecule has 0 amide bonds. The highest BCUT2D eigenvalue weighted by Gasteiger charge is 2.27. The monoisotopic (exact) mass is 449 g/mol. The Kier molecular flexibility index (Phi) is 7.30. The molecule has 0 spiro atoms. The Balaban J connectivity index is 2.01. The van der Waals surface area contributed by atoms with Crippen LogP contribution in [0, 0.1) is 0 Å². The SMILES string of the molecule is COC(=O)C(CSCc1ccccc1)NS(=O)(=O)c1ccc(Br)s1. The molecule has 2 rings (SSSR count). The van der Waals surface area contributed by atoms with Gasteiger partial charge in [0.2, 0.25) is 0 Å². The summed E-state index contributed by atoms with van der Waals surface area (Å²) in [7, 11) is -2.52. The number of nitrogens with one attached hydrogen (secondary N) is 1. The number of halogens is 1. The van der Waals surface area contributed by atoms with Crippen LogP contribution in [-0.4, -0.2) is 33.3 Å². The molecule has 0 radical (unpaired) electrons. The zero-order valence-electron chi connectivity index (χ0n) is 12.8. The van der Waals surface area contributed by atoms with Crippen LogP contribution in [0.4, 0.5) is 0 Å². The topological polar surface area (TPSA) is 72.5 Å². The van der Waals surface area contributed by atoms with Crippen LogP contribution in [0.2, 0.25) is 0 Å². The molecule has 0 aliphatic rings. The molecule has 1 atom stereocenters. The van der Waals surface area contributed by atoms with Crippen LogP contribution in [0.25, 0.3) is 0 Å². The van der Waals surface area contributed by atoms with Crippen molar-refractivity contribution in [3.8, 4) is 0 Å². The highest BCUT2D eigenvalue weighted by atomic mass is 79.9. The third-order valence-corrected chi connectivity index (χ3v) is 7.69. The second kappa shape index (κ2) is 9.00. The minimum atomic E-state index is -3.76. The molecule has 1 N–H and O–H groups in total. The molecule has 0 bridgehead atoms. The molecule has 0 fully saturated rings. The molecule has 1 unspecified atom stereocenters. The van der Waals surface area contributed by atoms with Crippen molar-refractivity contribution in [2.45, 2.75) is 16.0 Å². The van der Waals surface area contributed by atoms with E-state index in [1.54, 1.807) is 6.07 Å². The average Bonchev–Trinajstić information content (AvgIpc) is 3.01. The van der Waals surface area contributed by atoms with Gasteiger partial charge >= 0.3 is 5.97 Å². The molecular formula is C15H16BrNO4S3. The van der Waals surface area contributed by atoms with Gasteiger partial charge in [0.05, 0.1) is 10.9 Å². The Morgan fingerprint density at radius 3 is 2.58 bits per heavy atom. The molecule has 0 saturated carbocycles. The van der Waals surface area contributed by atoms with Gasteiger partial charge in [0.15, 0.2) is 0 Å². The van der Waals surface area contributed by atoms with Crippen LogP contribution < -0.4 is 4.72 Å². The summed E-state index contributed by atoms with van der Waals surface area (Å²) in [6.45, 7) is 0. The molecule has 1 heterocycles. The second-order valence-corrected chi connectivity index (χ2v) is 10.2. The van der Waals surface area contributed by atoms with Gasteiger partial charge in [-0.25, -0.2) is 8.42 Å². The van der Waals surface area contributed by atoms with Crippen molar-refractivity contribution in [1.82, 2.24) is 4.72 Å². The van der Waals surface area contributed by atoms with Gasteiger partial charge in [0.25, 0.3) is 10.0 Å². The fraction of sp³-hybridized carbons (Fsp3) is 0.267. The van der Waals surface area contributed by atoms with Crippen molar-refractivity contribution in [2.75, 3.05) is 12.9 Å². The number of thiophene rings is 1. The van der Waals surface area contributed by atoms with Crippen molar-refractivity contribution >= 4 is 55.0 Å². The minimum absolute atomic E-state index is 0.149. The zero-order chi connectivity index (χ0) is 17.6. The lowest BCUT2D eigenvalue weighted by Gasteiger charge is -2.15. The van der Waals surface area contributed by atoms with Crippen LogP contribution >= 0.6 is 39.0 Å². The van der Waals surface area contributed by atoms with Crippen molar-refractivity contribution in [2.24, 2.45) is 0 Å². The number of hydrogen-bond donors (Lipinski definition) is 1. The molecule has 0 saturated heterocycles. The first-order valence-corrected chi connectivity index (χ1v) is 11.1. The Bertz CT molecular complexity index is 777. The van der Waals surface area contributed by atoms with Crippen LogP contribution in [-0.2, 0) is 25.3 Å². The Morgan fingerprint density at radius 1 is 1.29 bits per heavy atom. The van der Waals surface area contributed by atoms with E-state index in [2.05, 4.69) is 20.7 Å². The maximum Gasteiger partial charge on any atom is 0.324 e. The molecule has 0 aliphatic carbocycles. The van der Waals surface area contributed by atoms with E-state index in [1.165, 1.54) is 24.9 Å². The lowest BCUT2D eigenvalue weighted by Crippen LogP contribution is -2.43. The van der Waals surface area contributed by atoms with Gasteiger partial charge in [-0.15, -0.1) is 11.3 Å². The summed E-state index contributed by atoms with van der Waals surface area (Å²) in [5.74, 6) is 0.364. The van der Waals surface area contributed by atoms with Gasteiger partial charge < -0.3 is 4.74 Å². The summed E-state index contributed by atoms with van der Waals surface area (Å²) in [6.07, 6.45) is 0. The summed E-state index contributed by atoms with van der Waals surface area (Å²) in [6, 6.07) is 12.0.